The van der Waals surface area contributed by atoms with Crippen molar-refractivity contribution in [3.63, 3.8) is 0 Å². The number of allylic oxidation sites excluding steroid dienone is 2. The zero-order valence-electron chi connectivity index (χ0n) is 39.6. The highest BCUT2D eigenvalue weighted by molar-refractivity contribution is 6.11. The quantitative estimate of drug-likeness (QED) is 0.0834. The normalized spacial score (nSPS) is 19.2. The first-order valence-electron chi connectivity index (χ1n) is 25.3. The molecule has 322 valence electrons. The van der Waals surface area contributed by atoms with E-state index in [-0.39, 0.29) is 35.2 Å². The van der Waals surface area contributed by atoms with Crippen LogP contribution in [0, 0.1) is 11.8 Å². The van der Waals surface area contributed by atoms with E-state index in [2.05, 4.69) is 81.4 Å². The summed E-state index contributed by atoms with van der Waals surface area (Å²) in [5.41, 5.74) is 21.7. The Labute approximate surface area is 364 Å². The lowest BCUT2D eigenvalue weighted by atomic mass is 9.48. The molecule has 4 aliphatic carbocycles. The molecule has 0 aliphatic heterocycles. The SMILES string of the molecule is CCCc1c(CCC)c(CCC)c2c(c1CCC)[C@@H]1c3c(c(CCC)c4cc5c(CCC)c(CCC)c(CCC)c(CCC)c5cc4c3CCC)[C@H]2[C@@H]2C(=O)C=CC(=O)[C@H]12. The molecule has 4 aromatic carbocycles. The van der Waals surface area contributed by atoms with Crippen LogP contribution < -0.4 is 0 Å². The van der Waals surface area contributed by atoms with Crippen LogP contribution in [0.5, 0.6) is 0 Å². The molecule has 2 bridgehead atoms. The summed E-state index contributed by atoms with van der Waals surface area (Å²) in [4.78, 5) is 29.4. The van der Waals surface area contributed by atoms with Gasteiger partial charge in [-0.2, -0.15) is 0 Å². The Morgan fingerprint density at radius 1 is 0.300 bits per heavy atom. The number of benzene rings is 4. The van der Waals surface area contributed by atoms with Crippen molar-refractivity contribution in [1.82, 2.24) is 0 Å². The maximum atomic E-state index is 14.7. The van der Waals surface area contributed by atoms with Gasteiger partial charge in [0.15, 0.2) is 11.6 Å². The maximum Gasteiger partial charge on any atom is 0.160 e. The van der Waals surface area contributed by atoms with E-state index in [1.165, 1.54) is 67.8 Å². The van der Waals surface area contributed by atoms with Crippen molar-refractivity contribution in [3.8, 4) is 0 Å². The van der Waals surface area contributed by atoms with Gasteiger partial charge in [0, 0.05) is 23.7 Å². The lowest BCUT2D eigenvalue weighted by Gasteiger charge is -2.54. The van der Waals surface area contributed by atoms with Crippen molar-refractivity contribution >= 4 is 33.1 Å². The number of carbonyl (C=O) groups excluding carboxylic acids is 2. The van der Waals surface area contributed by atoms with Crippen LogP contribution >= 0.6 is 0 Å². The minimum Gasteiger partial charge on any atom is -0.294 e. The molecule has 0 spiro atoms. The molecular weight excluding hydrogens is 729 g/mol. The second-order valence-corrected chi connectivity index (χ2v) is 19.0. The predicted molar refractivity (Wildman–Crippen MR) is 258 cm³/mol. The number of carbonyl (C=O) groups is 2. The summed E-state index contributed by atoms with van der Waals surface area (Å²) in [6.07, 6.45) is 25.2. The summed E-state index contributed by atoms with van der Waals surface area (Å²) < 4.78 is 0. The molecule has 0 amide bonds. The van der Waals surface area contributed by atoms with Crippen molar-refractivity contribution < 1.29 is 9.59 Å². The second kappa shape index (κ2) is 19.3. The Morgan fingerprint density at radius 2 is 0.517 bits per heavy atom. The summed E-state index contributed by atoms with van der Waals surface area (Å²) in [5.74, 6) is -0.459. The molecule has 4 aromatic rings. The number of hydrogen-bond acceptors (Lipinski definition) is 2. The smallest absolute Gasteiger partial charge is 0.160 e. The third-order valence-corrected chi connectivity index (χ3v) is 14.9. The largest absolute Gasteiger partial charge is 0.294 e. The molecule has 0 saturated heterocycles. The maximum absolute atomic E-state index is 14.7. The second-order valence-electron chi connectivity index (χ2n) is 19.0. The highest BCUT2D eigenvalue weighted by Crippen LogP contribution is 2.65. The van der Waals surface area contributed by atoms with Gasteiger partial charge in [0.1, 0.15) is 0 Å². The lowest BCUT2D eigenvalue weighted by Crippen LogP contribution is -2.50. The molecule has 2 nitrogen and oxygen atoms in total. The highest BCUT2D eigenvalue weighted by Gasteiger charge is 2.58. The summed E-state index contributed by atoms with van der Waals surface area (Å²) in [7, 11) is 0. The van der Waals surface area contributed by atoms with Gasteiger partial charge < -0.3 is 0 Å². The Morgan fingerprint density at radius 3 is 0.817 bits per heavy atom. The highest BCUT2D eigenvalue weighted by atomic mass is 16.1. The fourth-order valence-electron chi connectivity index (χ4n) is 13.2. The number of aryl methyl sites for hydroxylation is 4. The average Bonchev–Trinajstić information content (AvgIpc) is 3.24. The van der Waals surface area contributed by atoms with E-state index in [4.69, 9.17) is 0 Å². The first-order valence-corrected chi connectivity index (χ1v) is 25.3. The first-order chi connectivity index (χ1) is 29.3. The zero-order chi connectivity index (χ0) is 42.8. The molecule has 0 saturated carbocycles. The topological polar surface area (TPSA) is 34.1 Å². The molecule has 2 heteroatoms. The third kappa shape index (κ3) is 7.16. The van der Waals surface area contributed by atoms with E-state index in [1.807, 2.05) is 0 Å². The van der Waals surface area contributed by atoms with E-state index in [0.29, 0.717) is 0 Å². The minimum atomic E-state index is -0.327. The van der Waals surface area contributed by atoms with Crippen molar-refractivity contribution in [2.75, 3.05) is 0 Å². The summed E-state index contributed by atoms with van der Waals surface area (Å²) in [5, 5.41) is 5.87. The molecule has 8 rings (SSSR count). The fraction of sp³-hybridized carbons (Fsp3) is 0.586. The molecule has 0 radical (unpaired) electrons. The van der Waals surface area contributed by atoms with Crippen LogP contribution in [0.25, 0.3) is 21.5 Å². The van der Waals surface area contributed by atoms with Crippen molar-refractivity contribution in [2.24, 2.45) is 11.8 Å². The van der Waals surface area contributed by atoms with E-state index in [0.717, 1.165) is 116 Å². The van der Waals surface area contributed by atoms with Gasteiger partial charge in [0.05, 0.1) is 0 Å². The molecule has 4 aliphatic rings. The number of hydrogen-bond donors (Lipinski definition) is 0. The minimum absolute atomic E-state index is 0.0829. The molecule has 0 fully saturated rings. The Bertz CT molecular complexity index is 2140. The van der Waals surface area contributed by atoms with Gasteiger partial charge in [0.25, 0.3) is 0 Å². The monoisotopic (exact) mass is 807 g/mol. The number of rotatable bonds is 20. The lowest BCUT2D eigenvalue weighted by molar-refractivity contribution is -0.131. The van der Waals surface area contributed by atoms with Crippen LogP contribution in [0.4, 0.5) is 0 Å². The van der Waals surface area contributed by atoms with Gasteiger partial charge in [-0.1, -0.05) is 133 Å². The van der Waals surface area contributed by atoms with Crippen molar-refractivity contribution in [3.05, 3.63) is 102 Å². The fourth-order valence-corrected chi connectivity index (χ4v) is 13.2. The summed E-state index contributed by atoms with van der Waals surface area (Å²) in [6.45, 7) is 23.5. The van der Waals surface area contributed by atoms with Gasteiger partial charge in [0.2, 0.25) is 0 Å². The van der Waals surface area contributed by atoms with Gasteiger partial charge in [-0.25, -0.2) is 0 Å². The van der Waals surface area contributed by atoms with Crippen molar-refractivity contribution in [1.29, 1.82) is 0 Å². The Balaban J connectivity index is 1.75. The molecule has 0 unspecified atom stereocenters. The zero-order valence-corrected chi connectivity index (χ0v) is 39.6. The third-order valence-electron chi connectivity index (χ3n) is 14.9. The summed E-state index contributed by atoms with van der Waals surface area (Å²) in [6, 6.07) is 5.37. The Kier molecular flexibility index (Phi) is 14.3. The molecule has 60 heavy (non-hydrogen) atoms. The molecule has 4 atom stereocenters. The van der Waals surface area contributed by atoms with Crippen LogP contribution in [0.15, 0.2) is 24.3 Å². The molecule has 0 N–H and O–H groups in total. The number of fused-ring (bicyclic) bond motifs is 2. The van der Waals surface area contributed by atoms with E-state index in [9.17, 15) is 9.59 Å². The summed E-state index contributed by atoms with van der Waals surface area (Å²) >= 11 is 0. The predicted octanol–water partition coefficient (Wildman–Crippen LogP) is 15.0. The molecule has 0 heterocycles. The standard InChI is InChI=1S/C58H78O2/c1-11-21-35-36(22-12-2)40(26-16-6)46-34-48-44(30-20-10)54-53(43(29-19-9)47(48)33-45(46)39(35)25-15-5)57-51-41(27-17-7)37(23-13-3)38(24-14-4)42(28-18-8)52(51)58(54)56-50(60)32-31-49(59)55(56)57/h31-34,55-58H,11-30H2,1-10H3/t55-,56+,57+,58-. The van der Waals surface area contributed by atoms with E-state index >= 15 is 0 Å². The Hall–Kier alpha value is -3.52. The van der Waals surface area contributed by atoms with Crippen LogP contribution in [0.2, 0.25) is 0 Å². The molecular formula is C58H78O2. The van der Waals surface area contributed by atoms with Gasteiger partial charge >= 0.3 is 0 Å². The van der Waals surface area contributed by atoms with Crippen LogP contribution in [-0.4, -0.2) is 11.6 Å². The van der Waals surface area contributed by atoms with Crippen LogP contribution in [0.1, 0.15) is 223 Å². The van der Waals surface area contributed by atoms with Crippen LogP contribution in [-0.2, 0) is 73.8 Å². The molecule has 0 aromatic heterocycles. The van der Waals surface area contributed by atoms with E-state index < -0.39 is 0 Å². The average molecular weight is 807 g/mol. The van der Waals surface area contributed by atoms with E-state index in [1.54, 1.807) is 56.7 Å². The van der Waals surface area contributed by atoms with Crippen molar-refractivity contribution in [2.45, 2.75) is 209 Å². The first kappa shape index (κ1) is 44.5. The van der Waals surface area contributed by atoms with Gasteiger partial charge in [-0.15, -0.1) is 0 Å². The van der Waals surface area contributed by atoms with Gasteiger partial charge in [-0.05, 0) is 188 Å². The van der Waals surface area contributed by atoms with Crippen LogP contribution in [0.3, 0.4) is 0 Å². The number of ketones is 2. The van der Waals surface area contributed by atoms with Gasteiger partial charge in [-0.3, -0.25) is 9.59 Å².